The lowest BCUT2D eigenvalue weighted by molar-refractivity contribution is -0.122. The molecule has 0 aliphatic carbocycles. The molecule has 7 nitrogen and oxygen atoms in total. The van der Waals surface area contributed by atoms with Crippen molar-refractivity contribution in [2.24, 2.45) is 10.2 Å². The predicted molar refractivity (Wildman–Crippen MR) is 97.8 cm³/mol. The van der Waals surface area contributed by atoms with Crippen LogP contribution >= 0.6 is 0 Å². The van der Waals surface area contributed by atoms with Crippen LogP contribution in [-0.2, 0) is 11.2 Å². The number of aliphatic hydroxyl groups excluding tert-OH is 1. The number of carbonyl (C=O) groups is 2. The van der Waals surface area contributed by atoms with Gasteiger partial charge in [-0.1, -0.05) is 6.92 Å². The van der Waals surface area contributed by atoms with Crippen molar-refractivity contribution in [2.75, 3.05) is 12.8 Å². The molecule has 0 aromatic heterocycles. The topological polar surface area (TPSA) is 125 Å². The summed E-state index contributed by atoms with van der Waals surface area (Å²) >= 11 is 0. The molecule has 0 bridgehead atoms. The molecule has 0 amide bonds. The van der Waals surface area contributed by atoms with Crippen LogP contribution in [0.4, 0.5) is 17.1 Å². The molecule has 0 atom stereocenters. The Balaban J connectivity index is 0.00000104. The number of hydrogen-bond acceptors (Lipinski definition) is 6. The van der Waals surface area contributed by atoms with Crippen LogP contribution < -0.4 is 5.73 Å². The number of aryl methyl sites for hydroxylation is 2. The first-order valence-corrected chi connectivity index (χ1v) is 7.43. The van der Waals surface area contributed by atoms with Crippen LogP contribution in [0.25, 0.3) is 0 Å². The fourth-order valence-corrected chi connectivity index (χ4v) is 2.02. The zero-order valence-electron chi connectivity index (χ0n) is 14.5. The molecule has 0 fully saturated rings. The van der Waals surface area contributed by atoms with Gasteiger partial charge in [0.1, 0.15) is 6.29 Å². The Morgan fingerprint density at radius 2 is 1.72 bits per heavy atom. The fraction of sp³-hybridized carbons (Fsp3) is 0.222. The summed E-state index contributed by atoms with van der Waals surface area (Å²) in [4.78, 5) is 19.2. The van der Waals surface area contributed by atoms with Gasteiger partial charge in [-0.15, -0.1) is 0 Å². The fourth-order valence-electron chi connectivity index (χ4n) is 2.02. The minimum Gasteiger partial charge on any atom is -0.483 e. The van der Waals surface area contributed by atoms with Crippen LogP contribution in [0.3, 0.4) is 0 Å². The first-order chi connectivity index (χ1) is 12.0. The molecule has 0 spiro atoms. The first kappa shape index (κ1) is 21.9. The summed E-state index contributed by atoms with van der Waals surface area (Å²) in [5.41, 5.74) is 10.6. The van der Waals surface area contributed by atoms with Gasteiger partial charge in [0.2, 0.25) is 0 Å². The van der Waals surface area contributed by atoms with E-state index in [2.05, 4.69) is 10.2 Å². The second-order valence-electron chi connectivity index (χ2n) is 4.77. The SMILES string of the molecule is CCc1cc(N)ccc1N=Nc1cc(C)cc(C=O)c1.CO.O=CO. The number of nitrogens with two attached hydrogens (primary N) is 1. The summed E-state index contributed by atoms with van der Waals surface area (Å²) in [7, 11) is 1.00. The molecule has 0 radical (unpaired) electrons. The molecule has 4 N–H and O–H groups in total. The molecule has 0 saturated heterocycles. The van der Waals surface area contributed by atoms with E-state index in [0.717, 1.165) is 42.3 Å². The van der Waals surface area contributed by atoms with Gasteiger partial charge < -0.3 is 15.9 Å². The molecule has 2 rings (SSSR count). The molecule has 25 heavy (non-hydrogen) atoms. The lowest BCUT2D eigenvalue weighted by Gasteiger charge is -2.03. The van der Waals surface area contributed by atoms with Gasteiger partial charge in [0.05, 0.1) is 11.4 Å². The van der Waals surface area contributed by atoms with Gasteiger partial charge in [0, 0.05) is 18.4 Å². The summed E-state index contributed by atoms with van der Waals surface area (Å²) in [6, 6.07) is 11.0. The molecule has 0 aliphatic heterocycles. The molecule has 7 heteroatoms. The summed E-state index contributed by atoms with van der Waals surface area (Å²) in [5.74, 6) is 0. The molecule has 0 aliphatic rings. The van der Waals surface area contributed by atoms with E-state index in [-0.39, 0.29) is 6.47 Å². The molecular formula is C18H23N3O4. The van der Waals surface area contributed by atoms with Crippen LogP contribution in [0.5, 0.6) is 0 Å². The highest BCUT2D eigenvalue weighted by atomic mass is 16.3. The molecule has 0 saturated carbocycles. The van der Waals surface area contributed by atoms with E-state index in [1.54, 1.807) is 12.1 Å². The Kier molecular flexibility index (Phi) is 10.9. The lowest BCUT2D eigenvalue weighted by atomic mass is 10.1. The standard InChI is InChI=1S/C16H17N3O.CH2O2.CH4O/c1-3-13-9-14(17)4-5-16(13)19-18-15-7-11(2)6-12(8-15)10-20;2-1-3;1-2/h4-10H,3,17H2,1-2H3;1H,(H,2,3);2H,1H3. The maximum atomic E-state index is 10.8. The van der Waals surface area contributed by atoms with Crippen LogP contribution in [0.1, 0.15) is 28.4 Å². The van der Waals surface area contributed by atoms with Crippen LogP contribution in [0.15, 0.2) is 46.6 Å². The summed E-state index contributed by atoms with van der Waals surface area (Å²) in [6.07, 6.45) is 1.65. The number of carboxylic acid groups (broad SMARTS) is 1. The minimum atomic E-state index is -0.250. The Labute approximate surface area is 146 Å². The number of benzene rings is 2. The number of nitrogen functional groups attached to an aromatic ring is 1. The van der Waals surface area contributed by atoms with Crippen molar-refractivity contribution in [1.29, 1.82) is 0 Å². The second kappa shape index (κ2) is 12.4. The normalized spacial score (nSPS) is 9.44. The van der Waals surface area contributed by atoms with Crippen molar-refractivity contribution in [3.8, 4) is 0 Å². The van der Waals surface area contributed by atoms with Crippen LogP contribution in [-0.4, -0.2) is 30.1 Å². The van der Waals surface area contributed by atoms with Gasteiger partial charge in [0.25, 0.3) is 6.47 Å². The average molecular weight is 345 g/mol. The number of rotatable bonds is 4. The van der Waals surface area contributed by atoms with Crippen molar-refractivity contribution >= 4 is 29.8 Å². The van der Waals surface area contributed by atoms with Crippen molar-refractivity contribution in [1.82, 2.24) is 0 Å². The lowest BCUT2D eigenvalue weighted by Crippen LogP contribution is -1.87. The molecular weight excluding hydrogens is 322 g/mol. The van der Waals surface area contributed by atoms with Gasteiger partial charge >= 0.3 is 0 Å². The predicted octanol–water partition coefficient (Wildman–Crippen LogP) is 3.68. The second-order valence-corrected chi connectivity index (χ2v) is 4.77. The zero-order chi connectivity index (χ0) is 19.2. The van der Waals surface area contributed by atoms with Crippen molar-refractivity contribution in [3.05, 3.63) is 53.1 Å². The quantitative estimate of drug-likeness (QED) is 0.443. The average Bonchev–Trinajstić information content (AvgIpc) is 2.62. The summed E-state index contributed by atoms with van der Waals surface area (Å²) < 4.78 is 0. The van der Waals surface area contributed by atoms with E-state index < -0.39 is 0 Å². The van der Waals surface area contributed by atoms with E-state index >= 15 is 0 Å². The first-order valence-electron chi connectivity index (χ1n) is 7.43. The van der Waals surface area contributed by atoms with Crippen molar-refractivity contribution < 1.29 is 19.8 Å². The third-order valence-corrected chi connectivity index (χ3v) is 2.98. The Morgan fingerprint density at radius 1 is 1.08 bits per heavy atom. The third kappa shape index (κ3) is 7.85. The van der Waals surface area contributed by atoms with E-state index in [9.17, 15) is 4.79 Å². The highest BCUT2D eigenvalue weighted by molar-refractivity contribution is 5.77. The highest BCUT2D eigenvalue weighted by Gasteiger charge is 2.01. The van der Waals surface area contributed by atoms with Crippen molar-refractivity contribution in [3.63, 3.8) is 0 Å². The number of nitrogens with zero attached hydrogens (tertiary/aromatic N) is 2. The number of carbonyl (C=O) groups excluding carboxylic acids is 1. The number of aldehydes is 1. The van der Waals surface area contributed by atoms with Gasteiger partial charge in [-0.05, 0) is 60.9 Å². The summed E-state index contributed by atoms with van der Waals surface area (Å²) in [5, 5.41) is 22.4. The smallest absolute Gasteiger partial charge is 0.290 e. The Hall–Kier alpha value is -3.06. The maximum Gasteiger partial charge on any atom is 0.290 e. The molecule has 2 aromatic carbocycles. The van der Waals surface area contributed by atoms with Gasteiger partial charge in [-0.3, -0.25) is 9.59 Å². The van der Waals surface area contributed by atoms with Crippen LogP contribution in [0.2, 0.25) is 0 Å². The molecule has 134 valence electrons. The monoisotopic (exact) mass is 345 g/mol. The van der Waals surface area contributed by atoms with E-state index in [4.69, 9.17) is 20.7 Å². The van der Waals surface area contributed by atoms with E-state index in [1.165, 1.54) is 0 Å². The van der Waals surface area contributed by atoms with Gasteiger partial charge in [-0.2, -0.15) is 10.2 Å². The Bertz CT molecular complexity index is 715. The molecule has 0 unspecified atom stereocenters. The van der Waals surface area contributed by atoms with Gasteiger partial charge in [0.15, 0.2) is 0 Å². The van der Waals surface area contributed by atoms with Gasteiger partial charge in [-0.25, -0.2) is 0 Å². The van der Waals surface area contributed by atoms with E-state index in [1.807, 2.05) is 38.1 Å². The molecule has 0 heterocycles. The minimum absolute atomic E-state index is 0.250. The number of hydrogen-bond donors (Lipinski definition) is 3. The van der Waals surface area contributed by atoms with Crippen molar-refractivity contribution in [2.45, 2.75) is 20.3 Å². The number of anilines is 1. The summed E-state index contributed by atoms with van der Waals surface area (Å²) in [6.45, 7) is 3.72. The van der Waals surface area contributed by atoms with Crippen LogP contribution in [0, 0.1) is 6.92 Å². The number of aliphatic hydroxyl groups is 1. The maximum absolute atomic E-state index is 10.8. The highest BCUT2D eigenvalue weighted by Crippen LogP contribution is 2.25. The Morgan fingerprint density at radius 3 is 2.28 bits per heavy atom. The zero-order valence-corrected chi connectivity index (χ0v) is 14.5. The number of azo groups is 1. The van der Waals surface area contributed by atoms with E-state index in [0.29, 0.717) is 11.3 Å². The third-order valence-electron chi connectivity index (χ3n) is 2.98. The molecule has 2 aromatic rings. The largest absolute Gasteiger partial charge is 0.483 e.